The molecule has 1 heterocycles. The second-order valence-electron chi connectivity index (χ2n) is 6.98. The maximum Gasteiger partial charge on any atom is 0.251 e. The van der Waals surface area contributed by atoms with Crippen molar-refractivity contribution in [3.63, 3.8) is 0 Å². The molecular weight excluding hydrogens is 419 g/mol. The summed E-state index contributed by atoms with van der Waals surface area (Å²) >= 11 is 1.22. The van der Waals surface area contributed by atoms with Gasteiger partial charge in [0.05, 0.1) is 7.11 Å². The summed E-state index contributed by atoms with van der Waals surface area (Å²) in [5, 5.41) is 14.6. The van der Waals surface area contributed by atoms with Crippen LogP contribution in [0.5, 0.6) is 5.75 Å². The van der Waals surface area contributed by atoms with E-state index in [4.69, 9.17) is 4.74 Å². The lowest BCUT2D eigenvalue weighted by molar-refractivity contribution is -0.119. The summed E-state index contributed by atoms with van der Waals surface area (Å²) in [5.41, 5.74) is 1.10. The van der Waals surface area contributed by atoms with Gasteiger partial charge in [-0.05, 0) is 42.3 Å². The summed E-state index contributed by atoms with van der Waals surface area (Å²) in [6.07, 6.45) is 0.674. The number of ether oxygens (including phenoxy) is 1. The summed E-state index contributed by atoms with van der Waals surface area (Å²) in [6, 6.07) is 11.8. The van der Waals surface area contributed by atoms with Crippen molar-refractivity contribution >= 4 is 28.3 Å². The summed E-state index contributed by atoms with van der Waals surface area (Å²) in [6.45, 7) is 3.80. The quantitative estimate of drug-likeness (QED) is 0.547. The van der Waals surface area contributed by atoms with Crippen LogP contribution in [0.1, 0.15) is 30.6 Å². The van der Waals surface area contributed by atoms with Crippen molar-refractivity contribution in [1.82, 2.24) is 15.5 Å². The van der Waals surface area contributed by atoms with Crippen LogP contribution in [0.25, 0.3) is 10.6 Å². The van der Waals surface area contributed by atoms with Gasteiger partial charge in [-0.15, -0.1) is 10.2 Å². The van der Waals surface area contributed by atoms with Crippen LogP contribution in [0, 0.1) is 11.7 Å². The first-order valence-corrected chi connectivity index (χ1v) is 10.6. The molecule has 0 aliphatic carbocycles. The van der Waals surface area contributed by atoms with Crippen LogP contribution in [-0.4, -0.2) is 35.2 Å². The van der Waals surface area contributed by atoms with Gasteiger partial charge in [0.15, 0.2) is 0 Å². The molecule has 3 aromatic rings. The Bertz CT molecular complexity index is 1050. The van der Waals surface area contributed by atoms with Crippen LogP contribution in [0.3, 0.4) is 0 Å². The number of nitrogens with zero attached hydrogens (tertiary/aromatic N) is 2. The van der Waals surface area contributed by atoms with Crippen molar-refractivity contribution < 1.29 is 18.7 Å². The first kappa shape index (κ1) is 22.4. The fourth-order valence-corrected chi connectivity index (χ4v) is 3.60. The molecule has 0 saturated carbocycles. The second-order valence-corrected chi connectivity index (χ2v) is 7.95. The van der Waals surface area contributed by atoms with Gasteiger partial charge in [0, 0.05) is 11.1 Å². The molecule has 7 nitrogen and oxygen atoms in total. The van der Waals surface area contributed by atoms with Crippen LogP contribution in [0.2, 0.25) is 0 Å². The van der Waals surface area contributed by atoms with E-state index in [1.807, 2.05) is 38.1 Å². The highest BCUT2D eigenvalue weighted by molar-refractivity contribution is 7.18. The van der Waals surface area contributed by atoms with Gasteiger partial charge in [-0.3, -0.25) is 14.9 Å². The van der Waals surface area contributed by atoms with Crippen molar-refractivity contribution in [3.05, 3.63) is 59.9 Å². The van der Waals surface area contributed by atoms with E-state index < -0.39 is 23.7 Å². The SMILES string of the molecule is CCC(C)C(NC(=O)c1ccc(F)cc1)C(=O)Nc1nnc(-c2cccc(OC)c2)s1. The average Bonchev–Trinajstić information content (AvgIpc) is 3.25. The van der Waals surface area contributed by atoms with Crippen LogP contribution in [-0.2, 0) is 4.79 Å². The zero-order valence-corrected chi connectivity index (χ0v) is 18.2. The third-order valence-corrected chi connectivity index (χ3v) is 5.75. The van der Waals surface area contributed by atoms with E-state index in [0.717, 1.165) is 5.56 Å². The number of rotatable bonds is 8. The molecule has 0 aliphatic rings. The van der Waals surface area contributed by atoms with Crippen LogP contribution < -0.4 is 15.4 Å². The minimum Gasteiger partial charge on any atom is -0.497 e. The summed E-state index contributed by atoms with van der Waals surface area (Å²) < 4.78 is 18.3. The van der Waals surface area contributed by atoms with E-state index >= 15 is 0 Å². The van der Waals surface area contributed by atoms with Gasteiger partial charge in [-0.2, -0.15) is 0 Å². The Morgan fingerprint density at radius 1 is 1.16 bits per heavy atom. The third kappa shape index (κ3) is 5.64. The zero-order valence-electron chi connectivity index (χ0n) is 17.4. The molecule has 0 bridgehead atoms. The fourth-order valence-electron chi connectivity index (χ4n) is 2.86. The molecule has 0 fully saturated rings. The molecule has 2 atom stereocenters. The highest BCUT2D eigenvalue weighted by Gasteiger charge is 2.27. The van der Waals surface area contributed by atoms with Gasteiger partial charge in [0.25, 0.3) is 5.91 Å². The normalized spacial score (nSPS) is 12.6. The first-order chi connectivity index (χ1) is 14.9. The molecular formula is C22H23FN4O3S. The number of hydrogen-bond donors (Lipinski definition) is 2. The van der Waals surface area contributed by atoms with Crippen molar-refractivity contribution in [3.8, 4) is 16.3 Å². The number of aromatic nitrogens is 2. The number of halogens is 1. The Hall–Kier alpha value is -3.33. The molecule has 0 spiro atoms. The summed E-state index contributed by atoms with van der Waals surface area (Å²) in [7, 11) is 1.58. The standard InChI is InChI=1S/C22H23FN4O3S/c1-4-13(2)18(24-19(28)14-8-10-16(23)11-9-14)20(29)25-22-27-26-21(31-22)15-6-5-7-17(12-15)30-3/h5-13,18H,4H2,1-3H3,(H,24,28)(H,25,27,29). The molecule has 9 heteroatoms. The highest BCUT2D eigenvalue weighted by atomic mass is 32.1. The van der Waals surface area contributed by atoms with Gasteiger partial charge < -0.3 is 10.1 Å². The van der Waals surface area contributed by atoms with E-state index in [0.29, 0.717) is 22.3 Å². The minimum absolute atomic E-state index is 0.129. The van der Waals surface area contributed by atoms with Crippen molar-refractivity contribution in [1.29, 1.82) is 0 Å². The Morgan fingerprint density at radius 3 is 2.58 bits per heavy atom. The number of amides is 2. The van der Waals surface area contributed by atoms with Gasteiger partial charge >= 0.3 is 0 Å². The maximum absolute atomic E-state index is 13.1. The molecule has 0 radical (unpaired) electrons. The lowest BCUT2D eigenvalue weighted by atomic mass is 9.98. The van der Waals surface area contributed by atoms with Crippen molar-refractivity contribution in [2.45, 2.75) is 26.3 Å². The molecule has 2 amide bonds. The highest BCUT2D eigenvalue weighted by Crippen LogP contribution is 2.29. The van der Waals surface area contributed by atoms with E-state index in [2.05, 4.69) is 20.8 Å². The monoisotopic (exact) mass is 442 g/mol. The second kappa shape index (κ2) is 10.1. The van der Waals surface area contributed by atoms with E-state index in [9.17, 15) is 14.0 Å². The molecule has 1 aromatic heterocycles. The lowest BCUT2D eigenvalue weighted by Crippen LogP contribution is -2.47. The number of nitrogens with one attached hydrogen (secondary N) is 2. The maximum atomic E-state index is 13.1. The Morgan fingerprint density at radius 2 is 1.90 bits per heavy atom. The van der Waals surface area contributed by atoms with E-state index in [1.54, 1.807) is 7.11 Å². The van der Waals surface area contributed by atoms with E-state index in [-0.39, 0.29) is 11.5 Å². The van der Waals surface area contributed by atoms with Crippen LogP contribution in [0.4, 0.5) is 9.52 Å². The minimum atomic E-state index is -0.785. The number of benzene rings is 2. The van der Waals surface area contributed by atoms with Gasteiger partial charge in [-0.25, -0.2) is 4.39 Å². The molecule has 162 valence electrons. The summed E-state index contributed by atoms with van der Waals surface area (Å²) in [5.74, 6) is -0.711. The molecule has 2 aromatic carbocycles. The molecule has 3 rings (SSSR count). The lowest BCUT2D eigenvalue weighted by Gasteiger charge is -2.23. The Kier molecular flexibility index (Phi) is 7.30. The van der Waals surface area contributed by atoms with E-state index in [1.165, 1.54) is 35.6 Å². The topological polar surface area (TPSA) is 93.2 Å². The third-order valence-electron chi connectivity index (χ3n) is 4.86. The molecule has 0 aliphatic heterocycles. The van der Waals surface area contributed by atoms with Crippen LogP contribution >= 0.6 is 11.3 Å². The predicted octanol–water partition coefficient (Wildman–Crippen LogP) is 4.14. The fraction of sp³-hybridized carbons (Fsp3) is 0.273. The molecule has 2 N–H and O–H groups in total. The number of hydrogen-bond acceptors (Lipinski definition) is 6. The Balaban J connectivity index is 1.73. The van der Waals surface area contributed by atoms with Crippen molar-refractivity contribution in [2.24, 2.45) is 5.92 Å². The zero-order chi connectivity index (χ0) is 22.4. The smallest absolute Gasteiger partial charge is 0.251 e. The number of carbonyl (C=O) groups excluding carboxylic acids is 2. The molecule has 31 heavy (non-hydrogen) atoms. The largest absolute Gasteiger partial charge is 0.497 e. The predicted molar refractivity (Wildman–Crippen MR) is 118 cm³/mol. The Labute approximate surface area is 183 Å². The molecule has 2 unspecified atom stereocenters. The van der Waals surface area contributed by atoms with Crippen LogP contribution in [0.15, 0.2) is 48.5 Å². The summed E-state index contributed by atoms with van der Waals surface area (Å²) in [4.78, 5) is 25.5. The molecule has 0 saturated heterocycles. The number of methoxy groups -OCH3 is 1. The average molecular weight is 443 g/mol. The number of anilines is 1. The van der Waals surface area contributed by atoms with Gasteiger partial charge in [-0.1, -0.05) is 43.7 Å². The number of carbonyl (C=O) groups is 2. The van der Waals surface area contributed by atoms with Crippen molar-refractivity contribution in [2.75, 3.05) is 12.4 Å². The van der Waals surface area contributed by atoms with Gasteiger partial charge in [0.2, 0.25) is 11.0 Å². The van der Waals surface area contributed by atoms with Gasteiger partial charge in [0.1, 0.15) is 22.6 Å². The first-order valence-electron chi connectivity index (χ1n) is 9.76.